The van der Waals surface area contributed by atoms with E-state index in [0.29, 0.717) is 5.56 Å². The molecule has 224 valence electrons. The molecule has 10 heteroatoms. The van der Waals surface area contributed by atoms with Gasteiger partial charge in [0.15, 0.2) is 0 Å². The van der Waals surface area contributed by atoms with Crippen LogP contribution in [0.4, 0.5) is 4.79 Å². The maximum absolute atomic E-state index is 13.8. The predicted octanol–water partition coefficient (Wildman–Crippen LogP) is 7.50. The van der Waals surface area contributed by atoms with Gasteiger partial charge in [-0.15, -0.1) is 11.3 Å². The van der Waals surface area contributed by atoms with Crippen molar-refractivity contribution in [2.24, 2.45) is 0 Å². The van der Waals surface area contributed by atoms with Crippen LogP contribution >= 0.6 is 11.3 Å². The van der Waals surface area contributed by atoms with Crippen molar-refractivity contribution in [2.75, 3.05) is 0 Å². The number of carbonyl (C=O) groups excluding carboxylic acids is 1. The largest absolute Gasteiger partial charge is 0.447 e. The molecule has 42 heavy (non-hydrogen) atoms. The van der Waals surface area contributed by atoms with E-state index in [0.717, 1.165) is 57.6 Å². The number of aromatic amines is 1. The van der Waals surface area contributed by atoms with Gasteiger partial charge in [-0.3, -0.25) is 0 Å². The first-order chi connectivity index (χ1) is 19.8. The van der Waals surface area contributed by atoms with Crippen LogP contribution in [0.25, 0.3) is 32.5 Å². The summed E-state index contributed by atoms with van der Waals surface area (Å²) in [5, 5.41) is 5.12. The summed E-state index contributed by atoms with van der Waals surface area (Å²) in [7, 11) is -3.84. The third-order valence-electron chi connectivity index (χ3n) is 7.46. The van der Waals surface area contributed by atoms with E-state index in [1.807, 2.05) is 59.0 Å². The lowest BCUT2D eigenvalue weighted by atomic mass is 9.86. The highest BCUT2D eigenvalue weighted by atomic mass is 32.2. The maximum Gasteiger partial charge on any atom is 0.407 e. The molecule has 0 aliphatic heterocycles. The lowest BCUT2D eigenvalue weighted by Crippen LogP contribution is -2.40. The van der Waals surface area contributed by atoms with Crippen molar-refractivity contribution in [3.63, 3.8) is 0 Å². The number of benzene rings is 2. The SMILES string of the molecule is Cc1c[nH]c2cc(-c3ccc(-c4cnc([C@H]5CC[C@H](NC(=O)OC(C)C)CC5)s4)c(S(=O)(=O)NC(C)(C)C)c3)ccc12. The van der Waals surface area contributed by atoms with Gasteiger partial charge < -0.3 is 15.0 Å². The molecule has 3 N–H and O–H groups in total. The molecule has 1 aliphatic rings. The van der Waals surface area contributed by atoms with Crippen molar-refractivity contribution >= 4 is 38.4 Å². The van der Waals surface area contributed by atoms with Crippen molar-refractivity contribution in [1.29, 1.82) is 0 Å². The molecule has 0 spiro atoms. The number of rotatable bonds is 7. The molecule has 2 aromatic heterocycles. The van der Waals surface area contributed by atoms with Crippen LogP contribution in [-0.2, 0) is 14.8 Å². The Bertz CT molecular complexity index is 1690. The van der Waals surface area contributed by atoms with Gasteiger partial charge in [-0.25, -0.2) is 22.9 Å². The van der Waals surface area contributed by atoms with E-state index in [9.17, 15) is 13.2 Å². The first kappa shape index (κ1) is 30.3. The molecule has 2 aromatic carbocycles. The number of nitrogens with zero attached hydrogens (tertiary/aromatic N) is 1. The fraction of sp³-hybridized carbons (Fsp3) is 0.438. The summed E-state index contributed by atoms with van der Waals surface area (Å²) in [5.74, 6) is 0.269. The number of sulfonamides is 1. The quantitative estimate of drug-likeness (QED) is 0.201. The molecule has 8 nitrogen and oxygen atoms in total. The monoisotopic (exact) mass is 608 g/mol. The number of aromatic nitrogens is 2. The van der Waals surface area contributed by atoms with Gasteiger partial charge in [0.1, 0.15) is 0 Å². The van der Waals surface area contributed by atoms with Gasteiger partial charge in [-0.2, -0.15) is 0 Å². The Hall–Kier alpha value is -3.21. The standard InChI is InChI=1S/C32H40N4O4S2/c1-19(2)40-31(37)35-24-11-7-21(8-12-24)30-34-18-28(41-30)26-14-10-23(16-29(26)42(38,39)36-32(4,5)6)22-9-13-25-20(3)17-33-27(25)15-22/h9-10,13-19,21,24,33,36H,7-8,11-12H2,1-6H3,(H,35,37)/t21-,24-. The average Bonchev–Trinajstić information content (AvgIpc) is 3.54. The number of hydrogen-bond acceptors (Lipinski definition) is 6. The van der Waals surface area contributed by atoms with Crippen molar-refractivity contribution in [1.82, 2.24) is 20.0 Å². The number of hydrogen-bond donors (Lipinski definition) is 3. The first-order valence-electron chi connectivity index (χ1n) is 14.5. The highest BCUT2D eigenvalue weighted by molar-refractivity contribution is 7.89. The van der Waals surface area contributed by atoms with Gasteiger partial charge in [-0.05, 0) is 96.0 Å². The van der Waals surface area contributed by atoms with E-state index in [4.69, 9.17) is 9.72 Å². The van der Waals surface area contributed by atoms with Gasteiger partial charge in [0.2, 0.25) is 10.0 Å². The molecule has 5 rings (SSSR count). The van der Waals surface area contributed by atoms with Crippen LogP contribution in [0.15, 0.2) is 53.7 Å². The molecule has 0 bridgehead atoms. The van der Waals surface area contributed by atoms with Gasteiger partial charge in [0.05, 0.1) is 20.9 Å². The van der Waals surface area contributed by atoms with Crippen LogP contribution in [0.2, 0.25) is 0 Å². The van der Waals surface area contributed by atoms with Crippen molar-refractivity contribution < 1.29 is 17.9 Å². The molecule has 0 atom stereocenters. The minimum Gasteiger partial charge on any atom is -0.447 e. The zero-order valence-electron chi connectivity index (χ0n) is 25.1. The van der Waals surface area contributed by atoms with Gasteiger partial charge in [0.25, 0.3) is 0 Å². The van der Waals surface area contributed by atoms with Crippen LogP contribution in [0.1, 0.15) is 76.8 Å². The topological polar surface area (TPSA) is 113 Å². The van der Waals surface area contributed by atoms with E-state index in [-0.39, 0.29) is 29.1 Å². The zero-order valence-corrected chi connectivity index (χ0v) is 26.7. The molecule has 1 fully saturated rings. The summed E-state index contributed by atoms with van der Waals surface area (Å²) in [6.45, 7) is 11.3. The smallest absolute Gasteiger partial charge is 0.407 e. The van der Waals surface area contributed by atoms with Crippen LogP contribution in [0.5, 0.6) is 0 Å². The summed E-state index contributed by atoms with van der Waals surface area (Å²) in [4.78, 5) is 21.1. The number of thiazole rings is 1. The number of fused-ring (bicyclic) bond motifs is 1. The average molecular weight is 609 g/mol. The normalized spacial score (nSPS) is 18.0. The maximum atomic E-state index is 13.8. The van der Waals surface area contributed by atoms with Crippen LogP contribution in [-0.4, -0.2) is 42.2 Å². The molecular formula is C32H40N4O4S2. The van der Waals surface area contributed by atoms with E-state index < -0.39 is 15.6 Å². The highest BCUT2D eigenvalue weighted by Crippen LogP contribution is 2.40. The fourth-order valence-electron chi connectivity index (χ4n) is 5.54. The molecule has 1 saturated carbocycles. The minimum atomic E-state index is -3.84. The number of carbonyl (C=O) groups is 1. The molecule has 1 aliphatic carbocycles. The summed E-state index contributed by atoms with van der Waals surface area (Å²) in [6, 6.07) is 11.9. The second-order valence-corrected chi connectivity index (χ2v) is 15.2. The lowest BCUT2D eigenvalue weighted by Gasteiger charge is -2.28. The number of H-pyrrole nitrogens is 1. The number of ether oxygens (including phenoxy) is 1. The number of aryl methyl sites for hydroxylation is 1. The van der Waals surface area contributed by atoms with Crippen molar-refractivity contribution in [2.45, 2.75) is 95.7 Å². The summed E-state index contributed by atoms with van der Waals surface area (Å²) in [5.41, 5.74) is 3.95. The van der Waals surface area contributed by atoms with Crippen LogP contribution in [0.3, 0.4) is 0 Å². The van der Waals surface area contributed by atoms with E-state index >= 15 is 0 Å². The number of amides is 1. The van der Waals surface area contributed by atoms with Gasteiger partial charge >= 0.3 is 6.09 Å². The molecular weight excluding hydrogens is 569 g/mol. The molecule has 1 amide bonds. The first-order valence-corrected chi connectivity index (χ1v) is 16.8. The Morgan fingerprint density at radius 2 is 1.76 bits per heavy atom. The van der Waals surface area contributed by atoms with Gasteiger partial charge in [-0.1, -0.05) is 24.3 Å². The lowest BCUT2D eigenvalue weighted by molar-refractivity contribution is 0.109. The number of alkyl carbamates (subject to hydrolysis) is 1. The van der Waals surface area contributed by atoms with E-state index in [1.165, 1.54) is 5.56 Å². The Labute approximate surface area is 252 Å². The fourth-order valence-corrected chi connectivity index (χ4v) is 8.39. The molecule has 2 heterocycles. The summed E-state index contributed by atoms with van der Waals surface area (Å²) in [6.07, 6.45) is 6.75. The van der Waals surface area contributed by atoms with E-state index in [2.05, 4.69) is 34.1 Å². The molecule has 0 radical (unpaired) electrons. The highest BCUT2D eigenvalue weighted by Gasteiger charge is 2.29. The van der Waals surface area contributed by atoms with E-state index in [1.54, 1.807) is 23.6 Å². The predicted molar refractivity (Wildman–Crippen MR) is 169 cm³/mol. The van der Waals surface area contributed by atoms with Crippen molar-refractivity contribution in [3.8, 4) is 21.6 Å². The Morgan fingerprint density at radius 3 is 2.45 bits per heavy atom. The Balaban J connectivity index is 1.42. The molecule has 0 unspecified atom stereocenters. The van der Waals surface area contributed by atoms with Crippen LogP contribution < -0.4 is 10.0 Å². The van der Waals surface area contributed by atoms with Crippen LogP contribution in [0, 0.1) is 6.92 Å². The molecule has 4 aromatic rings. The summed E-state index contributed by atoms with van der Waals surface area (Å²) < 4.78 is 35.6. The second kappa shape index (κ2) is 11.8. The molecule has 0 saturated heterocycles. The third kappa shape index (κ3) is 6.88. The zero-order chi connectivity index (χ0) is 30.2. The minimum absolute atomic E-state index is 0.0915. The Kier molecular flexibility index (Phi) is 8.51. The second-order valence-electron chi connectivity index (χ2n) is 12.5. The number of nitrogens with one attached hydrogen (secondary N) is 3. The third-order valence-corrected chi connectivity index (χ3v) is 10.5. The Morgan fingerprint density at radius 1 is 1.07 bits per heavy atom. The van der Waals surface area contributed by atoms with Crippen molar-refractivity contribution in [3.05, 3.63) is 59.4 Å². The summed E-state index contributed by atoms with van der Waals surface area (Å²) >= 11 is 1.55. The van der Waals surface area contributed by atoms with Gasteiger partial charge in [0, 0.05) is 46.4 Å².